The minimum absolute atomic E-state index is 0.0150. The number of amides is 1. The smallest absolute Gasteiger partial charge is 0.307 e. The first-order valence-corrected chi connectivity index (χ1v) is 8.22. The minimum atomic E-state index is -0.846. The molecule has 0 aromatic carbocycles. The highest BCUT2D eigenvalue weighted by Gasteiger charge is 2.49. The second kappa shape index (κ2) is 5.94. The molecule has 1 aliphatic heterocycles. The number of aliphatic carboxylic acids is 1. The number of rotatable bonds is 4. The van der Waals surface area contributed by atoms with Crippen LogP contribution in [0.5, 0.6) is 0 Å². The second-order valence-electron chi connectivity index (χ2n) is 5.59. The molecule has 21 heavy (non-hydrogen) atoms. The summed E-state index contributed by atoms with van der Waals surface area (Å²) in [5.41, 5.74) is 0. The lowest BCUT2D eigenvalue weighted by atomic mass is 10.2. The summed E-state index contributed by atoms with van der Waals surface area (Å²) in [6.07, 6.45) is 0.502. The van der Waals surface area contributed by atoms with Crippen LogP contribution in [0.4, 0.5) is 0 Å². The molecule has 3 rings (SSSR count). The number of nitrogens with zero attached hydrogens (tertiary/aromatic N) is 2. The van der Waals surface area contributed by atoms with E-state index in [1.807, 2.05) is 17.0 Å². The van der Waals surface area contributed by atoms with E-state index < -0.39 is 11.9 Å². The molecular formula is C14H17ClN2O3S. The lowest BCUT2D eigenvalue weighted by molar-refractivity contribution is -0.142. The number of carboxylic acids is 1. The zero-order valence-corrected chi connectivity index (χ0v) is 13.1. The fourth-order valence-corrected chi connectivity index (χ4v) is 3.89. The van der Waals surface area contributed by atoms with Gasteiger partial charge in [0.05, 0.1) is 16.2 Å². The molecule has 2 fully saturated rings. The lowest BCUT2D eigenvalue weighted by Gasteiger charge is -2.34. The van der Waals surface area contributed by atoms with E-state index in [0.717, 1.165) is 24.0 Å². The van der Waals surface area contributed by atoms with Gasteiger partial charge in [-0.15, -0.1) is 11.3 Å². The summed E-state index contributed by atoms with van der Waals surface area (Å²) in [4.78, 5) is 28.3. The van der Waals surface area contributed by atoms with Gasteiger partial charge in [0, 0.05) is 37.6 Å². The lowest BCUT2D eigenvalue weighted by Crippen LogP contribution is -2.48. The van der Waals surface area contributed by atoms with Crippen LogP contribution in [-0.4, -0.2) is 53.0 Å². The Hall–Kier alpha value is -1.11. The summed E-state index contributed by atoms with van der Waals surface area (Å²) >= 11 is 7.51. The van der Waals surface area contributed by atoms with Crippen molar-refractivity contribution in [1.82, 2.24) is 9.80 Å². The van der Waals surface area contributed by atoms with E-state index in [1.54, 1.807) is 11.3 Å². The van der Waals surface area contributed by atoms with E-state index >= 15 is 0 Å². The Balaban J connectivity index is 1.47. The monoisotopic (exact) mass is 328 g/mol. The highest BCUT2D eigenvalue weighted by molar-refractivity contribution is 7.16. The van der Waals surface area contributed by atoms with Gasteiger partial charge < -0.3 is 10.0 Å². The van der Waals surface area contributed by atoms with Crippen LogP contribution in [0.2, 0.25) is 4.34 Å². The Labute approximate surface area is 132 Å². The van der Waals surface area contributed by atoms with Gasteiger partial charge in [0.1, 0.15) is 0 Å². The first-order chi connectivity index (χ1) is 10.0. The maximum absolute atomic E-state index is 12.2. The number of thiophene rings is 1. The molecule has 2 atom stereocenters. The Morgan fingerprint density at radius 2 is 1.95 bits per heavy atom. The number of carbonyl (C=O) groups is 2. The predicted octanol–water partition coefficient (Wildman–Crippen LogP) is 1.77. The van der Waals surface area contributed by atoms with Crippen LogP contribution in [0.15, 0.2) is 12.1 Å². The first kappa shape index (κ1) is 14.8. The molecule has 1 aliphatic carbocycles. The summed E-state index contributed by atoms with van der Waals surface area (Å²) in [5, 5.41) is 8.89. The summed E-state index contributed by atoms with van der Waals surface area (Å²) in [6, 6.07) is 3.94. The SMILES string of the molecule is O=C(O)[C@H]1C[C@H]1C(=O)N1CCN(Cc2ccc(Cl)s2)CC1. The summed E-state index contributed by atoms with van der Waals surface area (Å²) in [7, 11) is 0. The zero-order chi connectivity index (χ0) is 15.0. The maximum Gasteiger partial charge on any atom is 0.307 e. The fourth-order valence-electron chi connectivity index (χ4n) is 2.76. The van der Waals surface area contributed by atoms with Crippen LogP contribution < -0.4 is 0 Å². The standard InChI is InChI=1S/C14H17ClN2O3S/c15-12-2-1-9(21-12)8-16-3-5-17(6-4-16)13(18)10-7-11(10)14(19)20/h1-2,10-11H,3-8H2,(H,19,20)/t10-,11+/m1/s1. The molecule has 7 heteroatoms. The molecule has 0 unspecified atom stereocenters. The van der Waals surface area contributed by atoms with E-state index in [9.17, 15) is 9.59 Å². The molecule has 1 N–H and O–H groups in total. The molecule has 114 valence electrons. The average Bonchev–Trinajstić information content (AvgIpc) is 3.17. The fraction of sp³-hybridized carbons (Fsp3) is 0.571. The van der Waals surface area contributed by atoms with Crippen LogP contribution in [-0.2, 0) is 16.1 Å². The van der Waals surface area contributed by atoms with Crippen molar-refractivity contribution in [3.63, 3.8) is 0 Å². The molecule has 5 nitrogen and oxygen atoms in total. The minimum Gasteiger partial charge on any atom is -0.481 e. The molecule has 0 radical (unpaired) electrons. The molecule has 2 aliphatic rings. The van der Waals surface area contributed by atoms with Crippen LogP contribution in [0.3, 0.4) is 0 Å². The third kappa shape index (κ3) is 3.39. The predicted molar refractivity (Wildman–Crippen MR) is 80.4 cm³/mol. The van der Waals surface area contributed by atoms with E-state index in [1.165, 1.54) is 4.88 Å². The van der Waals surface area contributed by atoms with E-state index in [4.69, 9.17) is 16.7 Å². The molecule has 1 aromatic rings. The van der Waals surface area contributed by atoms with Gasteiger partial charge in [0.15, 0.2) is 0 Å². The largest absolute Gasteiger partial charge is 0.481 e. The maximum atomic E-state index is 12.2. The van der Waals surface area contributed by atoms with Crippen molar-refractivity contribution in [2.45, 2.75) is 13.0 Å². The number of carboxylic acid groups (broad SMARTS) is 1. The van der Waals surface area contributed by atoms with Gasteiger partial charge >= 0.3 is 5.97 Å². The van der Waals surface area contributed by atoms with Gasteiger partial charge in [0.25, 0.3) is 0 Å². The molecule has 1 amide bonds. The molecule has 1 saturated heterocycles. The van der Waals surface area contributed by atoms with Crippen molar-refractivity contribution in [3.8, 4) is 0 Å². The molecule has 0 spiro atoms. The molecule has 0 bridgehead atoms. The van der Waals surface area contributed by atoms with Gasteiger partial charge in [0.2, 0.25) is 5.91 Å². The Kier molecular flexibility index (Phi) is 4.19. The van der Waals surface area contributed by atoms with Crippen molar-refractivity contribution in [2.24, 2.45) is 11.8 Å². The zero-order valence-electron chi connectivity index (χ0n) is 11.5. The number of piperazine rings is 1. The normalized spacial score (nSPS) is 25.9. The third-order valence-electron chi connectivity index (χ3n) is 4.12. The van der Waals surface area contributed by atoms with E-state index in [2.05, 4.69) is 4.90 Å². The van der Waals surface area contributed by atoms with Crippen molar-refractivity contribution >= 4 is 34.8 Å². The number of hydrogen-bond donors (Lipinski definition) is 1. The average molecular weight is 329 g/mol. The van der Waals surface area contributed by atoms with Gasteiger partial charge in [-0.05, 0) is 18.6 Å². The Morgan fingerprint density at radius 1 is 1.24 bits per heavy atom. The Morgan fingerprint density at radius 3 is 2.48 bits per heavy atom. The molecule has 2 heterocycles. The van der Waals surface area contributed by atoms with Gasteiger partial charge in [-0.25, -0.2) is 0 Å². The van der Waals surface area contributed by atoms with Crippen LogP contribution in [0.1, 0.15) is 11.3 Å². The highest BCUT2D eigenvalue weighted by atomic mass is 35.5. The number of carbonyl (C=O) groups excluding carboxylic acids is 1. The van der Waals surface area contributed by atoms with E-state index in [0.29, 0.717) is 19.5 Å². The first-order valence-electron chi connectivity index (χ1n) is 7.03. The summed E-state index contributed by atoms with van der Waals surface area (Å²) in [5.74, 6) is -1.57. The number of hydrogen-bond acceptors (Lipinski definition) is 4. The quantitative estimate of drug-likeness (QED) is 0.915. The highest BCUT2D eigenvalue weighted by Crippen LogP contribution is 2.40. The van der Waals surface area contributed by atoms with E-state index in [-0.39, 0.29) is 11.8 Å². The summed E-state index contributed by atoms with van der Waals surface area (Å²) < 4.78 is 0.798. The molecular weight excluding hydrogens is 312 g/mol. The van der Waals surface area contributed by atoms with Crippen molar-refractivity contribution < 1.29 is 14.7 Å². The van der Waals surface area contributed by atoms with Crippen molar-refractivity contribution in [2.75, 3.05) is 26.2 Å². The van der Waals surface area contributed by atoms with Gasteiger partial charge in [-0.3, -0.25) is 14.5 Å². The molecule has 1 saturated carbocycles. The van der Waals surface area contributed by atoms with Gasteiger partial charge in [-0.1, -0.05) is 11.6 Å². The van der Waals surface area contributed by atoms with Gasteiger partial charge in [-0.2, -0.15) is 0 Å². The Bertz CT molecular complexity index is 554. The number of halogens is 1. The topological polar surface area (TPSA) is 60.9 Å². The van der Waals surface area contributed by atoms with Crippen LogP contribution in [0, 0.1) is 11.8 Å². The second-order valence-corrected chi connectivity index (χ2v) is 7.39. The summed E-state index contributed by atoms with van der Waals surface area (Å²) in [6.45, 7) is 3.87. The van der Waals surface area contributed by atoms with Crippen LogP contribution >= 0.6 is 22.9 Å². The van der Waals surface area contributed by atoms with Crippen molar-refractivity contribution in [1.29, 1.82) is 0 Å². The van der Waals surface area contributed by atoms with Crippen molar-refractivity contribution in [3.05, 3.63) is 21.3 Å². The molecule has 1 aromatic heterocycles. The van der Waals surface area contributed by atoms with Crippen LogP contribution in [0.25, 0.3) is 0 Å². The third-order valence-corrected chi connectivity index (χ3v) is 5.33.